The minimum absolute atomic E-state index is 0.271. The summed E-state index contributed by atoms with van der Waals surface area (Å²) in [6.45, 7) is 6.10. The van der Waals surface area contributed by atoms with Crippen molar-refractivity contribution in [2.45, 2.75) is 44.6 Å². The van der Waals surface area contributed by atoms with Gasteiger partial charge in [0.1, 0.15) is 5.75 Å². The standard InChI is InChI=1S/C21H28N2O3S/c1-16-14-21(17(2)13-20(16)26-3)27(24,25)22-15-18-7-9-19(10-8-18)23-11-5-4-6-12-23/h7-10,13-14,22H,4-6,11-12,15H2,1-3H3. The molecule has 0 spiro atoms. The molecule has 6 heteroatoms. The van der Waals surface area contributed by atoms with Crippen LogP contribution in [0.2, 0.25) is 0 Å². The molecule has 1 aliphatic heterocycles. The highest BCUT2D eigenvalue weighted by Crippen LogP contribution is 2.26. The number of benzene rings is 2. The molecule has 0 saturated carbocycles. The molecule has 1 N–H and O–H groups in total. The van der Waals surface area contributed by atoms with Gasteiger partial charge in [0.05, 0.1) is 12.0 Å². The van der Waals surface area contributed by atoms with Crippen LogP contribution < -0.4 is 14.4 Å². The van der Waals surface area contributed by atoms with Gasteiger partial charge in [0.25, 0.3) is 0 Å². The minimum Gasteiger partial charge on any atom is -0.496 e. The van der Waals surface area contributed by atoms with E-state index in [9.17, 15) is 8.42 Å². The second kappa shape index (κ2) is 8.31. The SMILES string of the molecule is COc1cc(C)c(S(=O)(=O)NCc2ccc(N3CCCCC3)cc2)cc1C. The molecule has 2 aromatic rings. The molecule has 0 atom stereocenters. The Morgan fingerprint density at radius 2 is 1.67 bits per heavy atom. The highest BCUT2D eigenvalue weighted by Gasteiger charge is 2.18. The van der Waals surface area contributed by atoms with Gasteiger partial charge in [-0.05, 0) is 74.1 Å². The normalized spacial score (nSPS) is 15.0. The van der Waals surface area contributed by atoms with Crippen LogP contribution >= 0.6 is 0 Å². The first kappa shape index (κ1) is 19.7. The molecular weight excluding hydrogens is 360 g/mol. The minimum atomic E-state index is -3.58. The lowest BCUT2D eigenvalue weighted by Crippen LogP contribution is -2.29. The first-order valence-corrected chi connectivity index (χ1v) is 10.9. The third-order valence-corrected chi connectivity index (χ3v) is 6.65. The Balaban J connectivity index is 1.69. The van der Waals surface area contributed by atoms with E-state index in [2.05, 4.69) is 21.8 Å². The topological polar surface area (TPSA) is 58.6 Å². The first-order valence-electron chi connectivity index (χ1n) is 9.39. The van der Waals surface area contributed by atoms with Gasteiger partial charge < -0.3 is 9.64 Å². The number of anilines is 1. The number of methoxy groups -OCH3 is 1. The van der Waals surface area contributed by atoms with Crippen LogP contribution in [0.3, 0.4) is 0 Å². The number of ether oxygens (including phenoxy) is 1. The summed E-state index contributed by atoms with van der Waals surface area (Å²) >= 11 is 0. The summed E-state index contributed by atoms with van der Waals surface area (Å²) in [6, 6.07) is 11.6. The van der Waals surface area contributed by atoms with Crippen molar-refractivity contribution in [1.29, 1.82) is 0 Å². The lowest BCUT2D eigenvalue weighted by molar-refractivity contribution is 0.411. The Kier molecular flexibility index (Phi) is 6.07. The summed E-state index contributed by atoms with van der Waals surface area (Å²) in [5.41, 5.74) is 3.63. The van der Waals surface area contributed by atoms with Crippen molar-refractivity contribution >= 4 is 15.7 Å². The third kappa shape index (κ3) is 4.62. The Labute approximate surface area is 162 Å². The molecule has 0 aromatic heterocycles. The van der Waals surface area contributed by atoms with Gasteiger partial charge >= 0.3 is 0 Å². The van der Waals surface area contributed by atoms with Crippen LogP contribution in [-0.4, -0.2) is 28.6 Å². The average molecular weight is 389 g/mol. The first-order chi connectivity index (χ1) is 12.9. The van der Waals surface area contributed by atoms with Crippen molar-refractivity contribution in [1.82, 2.24) is 4.72 Å². The van der Waals surface area contributed by atoms with Crippen LogP contribution in [0.4, 0.5) is 5.69 Å². The lowest BCUT2D eigenvalue weighted by atomic mass is 10.1. The number of hydrogen-bond acceptors (Lipinski definition) is 4. The predicted molar refractivity (Wildman–Crippen MR) is 109 cm³/mol. The van der Waals surface area contributed by atoms with Crippen molar-refractivity contribution in [3.05, 3.63) is 53.1 Å². The summed E-state index contributed by atoms with van der Waals surface area (Å²) in [6.07, 6.45) is 3.78. The zero-order valence-corrected chi connectivity index (χ0v) is 17.1. The number of nitrogens with one attached hydrogen (secondary N) is 1. The van der Waals surface area contributed by atoms with E-state index in [-0.39, 0.29) is 6.54 Å². The maximum absolute atomic E-state index is 12.7. The maximum Gasteiger partial charge on any atom is 0.241 e. The summed E-state index contributed by atoms with van der Waals surface area (Å²) in [4.78, 5) is 2.69. The van der Waals surface area contributed by atoms with E-state index in [4.69, 9.17) is 4.74 Å². The fraction of sp³-hybridized carbons (Fsp3) is 0.429. The number of aryl methyl sites for hydroxylation is 2. The van der Waals surface area contributed by atoms with E-state index in [1.165, 1.54) is 24.9 Å². The van der Waals surface area contributed by atoms with E-state index in [0.717, 1.165) is 24.2 Å². The van der Waals surface area contributed by atoms with Crippen LogP contribution in [0.1, 0.15) is 36.0 Å². The number of rotatable bonds is 6. The number of sulfonamides is 1. The average Bonchev–Trinajstić information content (AvgIpc) is 2.69. The van der Waals surface area contributed by atoms with Crippen LogP contribution in [-0.2, 0) is 16.6 Å². The molecule has 146 valence electrons. The molecule has 0 amide bonds. The zero-order valence-electron chi connectivity index (χ0n) is 16.3. The quantitative estimate of drug-likeness (QED) is 0.818. The Bertz CT molecular complexity index is 886. The van der Waals surface area contributed by atoms with Crippen LogP contribution in [0.5, 0.6) is 5.75 Å². The van der Waals surface area contributed by atoms with E-state index in [1.807, 2.05) is 19.1 Å². The van der Waals surface area contributed by atoms with Crippen molar-refractivity contribution in [3.8, 4) is 5.75 Å². The van der Waals surface area contributed by atoms with Crippen molar-refractivity contribution in [2.75, 3.05) is 25.1 Å². The van der Waals surface area contributed by atoms with Gasteiger partial charge in [0, 0.05) is 25.3 Å². The molecule has 1 heterocycles. The zero-order chi connectivity index (χ0) is 19.4. The number of piperidine rings is 1. The van der Waals surface area contributed by atoms with Gasteiger partial charge in [-0.25, -0.2) is 13.1 Å². The van der Waals surface area contributed by atoms with Gasteiger partial charge in [-0.2, -0.15) is 0 Å². The molecule has 27 heavy (non-hydrogen) atoms. The highest BCUT2D eigenvalue weighted by atomic mass is 32.2. The second-order valence-corrected chi connectivity index (χ2v) is 8.86. The van der Waals surface area contributed by atoms with Crippen molar-refractivity contribution in [2.24, 2.45) is 0 Å². The fourth-order valence-corrected chi connectivity index (χ4v) is 4.83. The Morgan fingerprint density at radius 3 is 2.30 bits per heavy atom. The molecule has 0 aliphatic carbocycles. The van der Waals surface area contributed by atoms with Crippen LogP contribution in [0.15, 0.2) is 41.3 Å². The van der Waals surface area contributed by atoms with Crippen molar-refractivity contribution in [3.63, 3.8) is 0 Å². The van der Waals surface area contributed by atoms with Crippen LogP contribution in [0.25, 0.3) is 0 Å². The molecule has 3 rings (SSSR count). The van der Waals surface area contributed by atoms with E-state index in [0.29, 0.717) is 16.2 Å². The summed E-state index contributed by atoms with van der Waals surface area (Å²) in [7, 11) is -2.00. The highest BCUT2D eigenvalue weighted by molar-refractivity contribution is 7.89. The summed E-state index contributed by atoms with van der Waals surface area (Å²) < 4.78 is 33.4. The van der Waals surface area contributed by atoms with Gasteiger partial charge in [0.2, 0.25) is 10.0 Å². The summed E-state index contributed by atoms with van der Waals surface area (Å²) in [5, 5.41) is 0. The molecule has 0 unspecified atom stereocenters. The molecule has 0 bridgehead atoms. The van der Waals surface area contributed by atoms with Crippen molar-refractivity contribution < 1.29 is 13.2 Å². The Morgan fingerprint density at radius 1 is 1.00 bits per heavy atom. The third-order valence-electron chi connectivity index (χ3n) is 5.11. The monoisotopic (exact) mass is 388 g/mol. The second-order valence-electron chi connectivity index (χ2n) is 7.13. The smallest absolute Gasteiger partial charge is 0.241 e. The molecule has 1 fully saturated rings. The predicted octanol–water partition coefficient (Wildman–Crippen LogP) is 3.78. The summed E-state index contributed by atoms with van der Waals surface area (Å²) in [5.74, 6) is 0.694. The van der Waals surface area contributed by atoms with Gasteiger partial charge in [-0.15, -0.1) is 0 Å². The molecule has 1 saturated heterocycles. The fourth-order valence-electron chi connectivity index (χ4n) is 3.51. The van der Waals surface area contributed by atoms with E-state index >= 15 is 0 Å². The number of nitrogens with zero attached hydrogens (tertiary/aromatic N) is 1. The molecular formula is C21H28N2O3S. The molecule has 2 aromatic carbocycles. The molecule has 1 aliphatic rings. The molecule has 5 nitrogen and oxygen atoms in total. The molecule has 0 radical (unpaired) electrons. The Hall–Kier alpha value is -2.05. The lowest BCUT2D eigenvalue weighted by Gasteiger charge is -2.28. The van der Waals surface area contributed by atoms with Gasteiger partial charge in [0.15, 0.2) is 0 Å². The largest absolute Gasteiger partial charge is 0.496 e. The maximum atomic E-state index is 12.7. The van der Waals surface area contributed by atoms with E-state index < -0.39 is 10.0 Å². The van der Waals surface area contributed by atoms with E-state index in [1.54, 1.807) is 26.2 Å². The van der Waals surface area contributed by atoms with Gasteiger partial charge in [-0.1, -0.05) is 12.1 Å². The van der Waals surface area contributed by atoms with Crippen LogP contribution in [0, 0.1) is 13.8 Å². The van der Waals surface area contributed by atoms with Gasteiger partial charge in [-0.3, -0.25) is 0 Å². The number of hydrogen-bond donors (Lipinski definition) is 1.